The van der Waals surface area contributed by atoms with Crippen LogP contribution in [-0.2, 0) is 7.05 Å². The Labute approximate surface area is 117 Å². The van der Waals surface area contributed by atoms with Gasteiger partial charge in [-0.3, -0.25) is 15.5 Å². The summed E-state index contributed by atoms with van der Waals surface area (Å²) in [6.45, 7) is 1.97. The zero-order chi connectivity index (χ0) is 14.1. The van der Waals surface area contributed by atoms with Crippen LogP contribution < -0.4 is 11.3 Å². The Morgan fingerprint density at radius 2 is 2.10 bits per heavy atom. The number of nitrogens with one attached hydrogen (secondary N) is 1. The maximum absolute atomic E-state index is 5.75. The molecule has 1 unspecified atom stereocenters. The van der Waals surface area contributed by atoms with Gasteiger partial charge in [0.05, 0.1) is 22.9 Å². The fourth-order valence-electron chi connectivity index (χ4n) is 2.52. The van der Waals surface area contributed by atoms with Crippen LogP contribution in [0.25, 0.3) is 10.9 Å². The van der Waals surface area contributed by atoms with Crippen LogP contribution >= 0.6 is 0 Å². The fraction of sp³-hybridized carbons (Fsp3) is 0.200. The minimum atomic E-state index is -0.104. The van der Waals surface area contributed by atoms with Crippen molar-refractivity contribution in [3.63, 3.8) is 0 Å². The van der Waals surface area contributed by atoms with Gasteiger partial charge in [-0.2, -0.15) is 5.10 Å². The second kappa shape index (κ2) is 5.03. The van der Waals surface area contributed by atoms with E-state index < -0.39 is 0 Å². The van der Waals surface area contributed by atoms with Crippen molar-refractivity contribution in [2.24, 2.45) is 12.9 Å². The van der Waals surface area contributed by atoms with Gasteiger partial charge in [0.25, 0.3) is 0 Å². The number of hydrogen-bond acceptors (Lipinski definition) is 4. The number of aryl methyl sites for hydroxylation is 2. The standard InChI is InChI=1S/C15H17N5/c1-10-8-14(20(2)19-10)15(18-16)12-6-5-11-4-3-7-17-13(11)9-12/h3-9,15,18H,16H2,1-2H3. The Balaban J connectivity index is 2.09. The van der Waals surface area contributed by atoms with Crippen LogP contribution in [0.15, 0.2) is 42.6 Å². The molecule has 0 saturated carbocycles. The van der Waals surface area contributed by atoms with Gasteiger partial charge in [-0.15, -0.1) is 0 Å². The van der Waals surface area contributed by atoms with Gasteiger partial charge in [0, 0.05) is 18.6 Å². The molecule has 0 amide bonds. The van der Waals surface area contributed by atoms with Crippen molar-refractivity contribution in [3.8, 4) is 0 Å². The van der Waals surface area contributed by atoms with E-state index in [0.717, 1.165) is 27.9 Å². The van der Waals surface area contributed by atoms with E-state index in [1.165, 1.54) is 0 Å². The Bertz CT molecular complexity index is 747. The van der Waals surface area contributed by atoms with Crippen LogP contribution in [0.3, 0.4) is 0 Å². The molecule has 1 atom stereocenters. The van der Waals surface area contributed by atoms with Gasteiger partial charge < -0.3 is 0 Å². The number of fused-ring (bicyclic) bond motifs is 1. The summed E-state index contributed by atoms with van der Waals surface area (Å²) in [5.74, 6) is 5.75. The second-order valence-electron chi connectivity index (χ2n) is 4.89. The van der Waals surface area contributed by atoms with Crippen molar-refractivity contribution in [2.75, 3.05) is 0 Å². The Morgan fingerprint density at radius 1 is 1.25 bits per heavy atom. The molecule has 0 aliphatic carbocycles. The molecular formula is C15H17N5. The Morgan fingerprint density at radius 3 is 2.80 bits per heavy atom. The fourth-order valence-corrected chi connectivity index (χ4v) is 2.52. The molecule has 5 nitrogen and oxygen atoms in total. The summed E-state index contributed by atoms with van der Waals surface area (Å²) in [7, 11) is 1.92. The van der Waals surface area contributed by atoms with Gasteiger partial charge in [0.2, 0.25) is 0 Å². The van der Waals surface area contributed by atoms with E-state index in [0.29, 0.717) is 0 Å². The van der Waals surface area contributed by atoms with Crippen molar-refractivity contribution in [3.05, 3.63) is 59.5 Å². The lowest BCUT2D eigenvalue weighted by Crippen LogP contribution is -2.30. The van der Waals surface area contributed by atoms with E-state index in [9.17, 15) is 0 Å². The highest BCUT2D eigenvalue weighted by atomic mass is 15.3. The molecule has 2 aromatic heterocycles. The summed E-state index contributed by atoms with van der Waals surface area (Å²) in [5, 5.41) is 5.49. The highest BCUT2D eigenvalue weighted by molar-refractivity contribution is 5.79. The number of pyridine rings is 1. The molecule has 20 heavy (non-hydrogen) atoms. The molecule has 0 aliphatic heterocycles. The third-order valence-electron chi connectivity index (χ3n) is 3.46. The third-order valence-corrected chi connectivity index (χ3v) is 3.46. The number of benzene rings is 1. The first kappa shape index (κ1) is 12.8. The van der Waals surface area contributed by atoms with Gasteiger partial charge in [0.1, 0.15) is 0 Å². The molecule has 3 rings (SSSR count). The minimum absolute atomic E-state index is 0.104. The first-order valence-electron chi connectivity index (χ1n) is 6.50. The molecule has 0 aliphatic rings. The maximum atomic E-state index is 5.75. The van der Waals surface area contributed by atoms with E-state index in [2.05, 4.69) is 33.7 Å². The molecule has 2 heterocycles. The van der Waals surface area contributed by atoms with Crippen LogP contribution in [0.5, 0.6) is 0 Å². The lowest BCUT2D eigenvalue weighted by molar-refractivity contribution is 0.574. The van der Waals surface area contributed by atoms with Crippen molar-refractivity contribution in [1.29, 1.82) is 0 Å². The first-order chi connectivity index (χ1) is 9.69. The quantitative estimate of drug-likeness (QED) is 0.561. The summed E-state index contributed by atoms with van der Waals surface area (Å²) < 4.78 is 1.85. The smallest absolute Gasteiger partial charge is 0.0879 e. The summed E-state index contributed by atoms with van der Waals surface area (Å²) in [5.41, 5.74) is 6.90. The molecule has 102 valence electrons. The summed E-state index contributed by atoms with van der Waals surface area (Å²) in [6, 6.07) is 12.1. The van der Waals surface area contributed by atoms with E-state index >= 15 is 0 Å². The van der Waals surface area contributed by atoms with Gasteiger partial charge in [-0.25, -0.2) is 5.43 Å². The predicted octanol–water partition coefficient (Wildman–Crippen LogP) is 1.83. The van der Waals surface area contributed by atoms with Crippen LogP contribution in [0, 0.1) is 6.92 Å². The molecule has 3 aromatic rings. The SMILES string of the molecule is Cc1cc(C(NN)c2ccc3cccnc3c2)n(C)n1. The van der Waals surface area contributed by atoms with E-state index in [1.54, 1.807) is 6.20 Å². The molecule has 0 saturated heterocycles. The van der Waals surface area contributed by atoms with Crippen LogP contribution in [0.1, 0.15) is 23.0 Å². The van der Waals surface area contributed by atoms with Crippen molar-refractivity contribution in [2.45, 2.75) is 13.0 Å². The Hall–Kier alpha value is -2.24. The number of hydrogen-bond donors (Lipinski definition) is 2. The van der Waals surface area contributed by atoms with Crippen LogP contribution in [0.4, 0.5) is 0 Å². The highest BCUT2D eigenvalue weighted by Crippen LogP contribution is 2.24. The lowest BCUT2D eigenvalue weighted by Gasteiger charge is -2.17. The van der Waals surface area contributed by atoms with Crippen molar-refractivity contribution < 1.29 is 0 Å². The average Bonchev–Trinajstić information content (AvgIpc) is 2.78. The topological polar surface area (TPSA) is 68.8 Å². The molecule has 5 heteroatoms. The van der Waals surface area contributed by atoms with Crippen LogP contribution in [-0.4, -0.2) is 14.8 Å². The van der Waals surface area contributed by atoms with Gasteiger partial charge in [-0.05, 0) is 30.7 Å². The van der Waals surface area contributed by atoms with E-state index in [4.69, 9.17) is 5.84 Å². The van der Waals surface area contributed by atoms with Crippen LogP contribution in [0.2, 0.25) is 0 Å². The van der Waals surface area contributed by atoms with E-state index in [1.807, 2.05) is 36.9 Å². The normalized spacial score (nSPS) is 12.8. The molecular weight excluding hydrogens is 250 g/mol. The molecule has 0 bridgehead atoms. The van der Waals surface area contributed by atoms with Crippen molar-refractivity contribution in [1.82, 2.24) is 20.2 Å². The lowest BCUT2D eigenvalue weighted by atomic mass is 10.0. The molecule has 1 aromatic carbocycles. The summed E-state index contributed by atoms with van der Waals surface area (Å²) in [4.78, 5) is 4.39. The number of rotatable bonds is 3. The molecule has 0 radical (unpaired) electrons. The third kappa shape index (κ3) is 2.17. The molecule has 0 fully saturated rings. The average molecular weight is 267 g/mol. The van der Waals surface area contributed by atoms with Gasteiger partial charge in [0.15, 0.2) is 0 Å². The highest BCUT2D eigenvalue weighted by Gasteiger charge is 2.17. The molecule has 0 spiro atoms. The first-order valence-corrected chi connectivity index (χ1v) is 6.50. The largest absolute Gasteiger partial charge is 0.271 e. The Kier molecular flexibility index (Phi) is 3.22. The zero-order valence-electron chi connectivity index (χ0n) is 11.5. The monoisotopic (exact) mass is 267 g/mol. The number of nitrogens with two attached hydrogens (primary N) is 1. The number of nitrogens with zero attached hydrogens (tertiary/aromatic N) is 3. The maximum Gasteiger partial charge on any atom is 0.0879 e. The second-order valence-corrected chi connectivity index (χ2v) is 4.89. The van der Waals surface area contributed by atoms with E-state index in [-0.39, 0.29) is 6.04 Å². The van der Waals surface area contributed by atoms with Crippen molar-refractivity contribution >= 4 is 10.9 Å². The molecule has 3 N–H and O–H groups in total. The van der Waals surface area contributed by atoms with Gasteiger partial charge >= 0.3 is 0 Å². The number of hydrazine groups is 1. The van der Waals surface area contributed by atoms with Gasteiger partial charge in [-0.1, -0.05) is 18.2 Å². The minimum Gasteiger partial charge on any atom is -0.271 e. The summed E-state index contributed by atoms with van der Waals surface area (Å²) in [6.07, 6.45) is 1.80. The zero-order valence-corrected chi connectivity index (χ0v) is 11.5. The predicted molar refractivity (Wildman–Crippen MR) is 78.9 cm³/mol. The number of aromatic nitrogens is 3. The summed E-state index contributed by atoms with van der Waals surface area (Å²) >= 11 is 0.